The number of ether oxygens (including phenoxy) is 1. The predicted octanol–water partition coefficient (Wildman–Crippen LogP) is 5.67. The topological polar surface area (TPSA) is 54.5 Å². The van der Waals surface area contributed by atoms with Gasteiger partial charge in [0.2, 0.25) is 5.91 Å². The van der Waals surface area contributed by atoms with Gasteiger partial charge in [0.1, 0.15) is 5.82 Å². The molecule has 0 saturated heterocycles. The highest BCUT2D eigenvalue weighted by Gasteiger charge is 2.36. The quantitative estimate of drug-likeness (QED) is 0.677. The molecule has 1 amide bonds. The van der Waals surface area contributed by atoms with E-state index in [1.807, 2.05) is 19.9 Å². The molecule has 0 unspecified atom stereocenters. The number of alkyl halides is 3. The van der Waals surface area contributed by atoms with Gasteiger partial charge in [-0.2, -0.15) is 13.2 Å². The maximum atomic E-state index is 13.5. The molecular formula is C23H26F3N3O2. The summed E-state index contributed by atoms with van der Waals surface area (Å²) in [7, 11) is 0. The van der Waals surface area contributed by atoms with E-state index < -0.39 is 11.7 Å². The minimum absolute atomic E-state index is 0.129. The number of benzene rings is 1. The molecule has 1 saturated carbocycles. The molecule has 1 aromatic heterocycles. The lowest BCUT2D eigenvalue weighted by Crippen LogP contribution is -2.38. The van der Waals surface area contributed by atoms with E-state index in [4.69, 9.17) is 4.74 Å². The van der Waals surface area contributed by atoms with Crippen LogP contribution < -0.4 is 10.2 Å². The third-order valence-electron chi connectivity index (χ3n) is 5.84. The lowest BCUT2D eigenvalue weighted by atomic mass is 9.86. The molecule has 1 aliphatic heterocycles. The highest BCUT2D eigenvalue weighted by Crippen LogP contribution is 2.41. The van der Waals surface area contributed by atoms with Crippen molar-refractivity contribution in [3.05, 3.63) is 47.7 Å². The van der Waals surface area contributed by atoms with E-state index in [-0.39, 0.29) is 36.3 Å². The van der Waals surface area contributed by atoms with Gasteiger partial charge in [-0.15, -0.1) is 0 Å². The highest BCUT2D eigenvalue weighted by atomic mass is 19.4. The molecular weight excluding hydrogens is 407 g/mol. The molecule has 0 atom stereocenters. The number of pyridine rings is 1. The zero-order chi connectivity index (χ0) is 22.2. The number of anilines is 3. The molecule has 1 fully saturated rings. The van der Waals surface area contributed by atoms with E-state index in [0.29, 0.717) is 24.3 Å². The first-order valence-electron chi connectivity index (χ1n) is 10.6. The Morgan fingerprint density at radius 3 is 2.61 bits per heavy atom. The molecule has 2 aromatic rings. The molecule has 1 aliphatic carbocycles. The number of nitrogens with zero attached hydrogens (tertiary/aromatic N) is 2. The van der Waals surface area contributed by atoms with Crippen LogP contribution in [0.4, 0.5) is 30.4 Å². The van der Waals surface area contributed by atoms with Gasteiger partial charge >= 0.3 is 6.18 Å². The van der Waals surface area contributed by atoms with Gasteiger partial charge in [0.15, 0.2) is 0 Å². The number of amides is 1. The van der Waals surface area contributed by atoms with Crippen LogP contribution >= 0.6 is 0 Å². The second-order valence-corrected chi connectivity index (χ2v) is 8.45. The Morgan fingerprint density at radius 2 is 1.94 bits per heavy atom. The minimum atomic E-state index is -4.49. The number of halogens is 3. The zero-order valence-corrected chi connectivity index (χ0v) is 17.6. The third kappa shape index (κ3) is 4.69. The fourth-order valence-electron chi connectivity index (χ4n) is 4.35. The van der Waals surface area contributed by atoms with Crippen molar-refractivity contribution in [2.45, 2.75) is 64.5 Å². The monoisotopic (exact) mass is 433 g/mol. The number of nitrogens with one attached hydrogen (secondary N) is 1. The van der Waals surface area contributed by atoms with Crippen LogP contribution in [-0.2, 0) is 22.3 Å². The molecule has 31 heavy (non-hydrogen) atoms. The average molecular weight is 433 g/mol. The molecule has 0 spiro atoms. The zero-order valence-electron chi connectivity index (χ0n) is 17.6. The Bertz CT molecular complexity index is 953. The SMILES string of the molecule is CC(C)OC1CCC(C(=O)N2Cc3cccnc3Nc3ccc(C(F)(F)F)cc32)CC1. The second-order valence-electron chi connectivity index (χ2n) is 8.45. The fraction of sp³-hybridized carbons (Fsp3) is 0.478. The second kappa shape index (κ2) is 8.49. The summed E-state index contributed by atoms with van der Waals surface area (Å²) in [6.07, 6.45) is 0.247. The summed E-state index contributed by atoms with van der Waals surface area (Å²) >= 11 is 0. The van der Waals surface area contributed by atoms with E-state index >= 15 is 0 Å². The van der Waals surface area contributed by atoms with Crippen LogP contribution in [0.1, 0.15) is 50.7 Å². The first-order chi connectivity index (χ1) is 14.7. The summed E-state index contributed by atoms with van der Waals surface area (Å²) in [5, 5.41) is 3.11. The van der Waals surface area contributed by atoms with Gasteiger partial charge in [0.05, 0.1) is 35.7 Å². The summed E-state index contributed by atoms with van der Waals surface area (Å²) in [6, 6.07) is 7.04. The van der Waals surface area contributed by atoms with Crippen molar-refractivity contribution < 1.29 is 22.7 Å². The smallest absolute Gasteiger partial charge is 0.376 e. The molecule has 0 bridgehead atoms. The van der Waals surface area contributed by atoms with Crippen molar-refractivity contribution in [2.75, 3.05) is 10.2 Å². The van der Waals surface area contributed by atoms with E-state index in [9.17, 15) is 18.0 Å². The van der Waals surface area contributed by atoms with E-state index in [0.717, 1.165) is 30.5 Å². The molecule has 4 rings (SSSR count). The van der Waals surface area contributed by atoms with E-state index in [2.05, 4.69) is 10.3 Å². The molecule has 2 aliphatic rings. The first-order valence-corrected chi connectivity index (χ1v) is 10.6. The number of carbonyl (C=O) groups excluding carboxylic acids is 1. The van der Waals surface area contributed by atoms with Crippen LogP contribution in [-0.4, -0.2) is 23.1 Å². The van der Waals surface area contributed by atoms with E-state index in [1.54, 1.807) is 12.3 Å². The van der Waals surface area contributed by atoms with Gasteiger partial charge in [-0.25, -0.2) is 4.98 Å². The van der Waals surface area contributed by atoms with Crippen LogP contribution in [0.2, 0.25) is 0 Å². The molecule has 1 aromatic carbocycles. The minimum Gasteiger partial charge on any atom is -0.376 e. The number of aromatic nitrogens is 1. The van der Waals surface area contributed by atoms with Gasteiger partial charge < -0.3 is 15.0 Å². The third-order valence-corrected chi connectivity index (χ3v) is 5.84. The molecule has 5 nitrogen and oxygen atoms in total. The number of carbonyl (C=O) groups is 1. The molecule has 2 heterocycles. The fourth-order valence-corrected chi connectivity index (χ4v) is 4.35. The van der Waals surface area contributed by atoms with Crippen molar-refractivity contribution in [3.8, 4) is 0 Å². The molecule has 8 heteroatoms. The normalized spacial score (nSPS) is 21.2. The first kappa shape index (κ1) is 21.6. The summed E-state index contributed by atoms with van der Waals surface area (Å²) < 4.78 is 46.1. The van der Waals surface area contributed by atoms with Crippen molar-refractivity contribution in [2.24, 2.45) is 5.92 Å². The molecule has 1 N–H and O–H groups in total. The molecule has 166 valence electrons. The van der Waals surface area contributed by atoms with Crippen LogP contribution in [0, 0.1) is 5.92 Å². The number of fused-ring (bicyclic) bond motifs is 2. The largest absolute Gasteiger partial charge is 0.416 e. The summed E-state index contributed by atoms with van der Waals surface area (Å²) in [5.41, 5.74) is 0.658. The highest BCUT2D eigenvalue weighted by molar-refractivity contribution is 5.99. The van der Waals surface area contributed by atoms with Gasteiger partial charge in [-0.1, -0.05) is 6.07 Å². The van der Waals surface area contributed by atoms with Crippen LogP contribution in [0.15, 0.2) is 36.5 Å². The Balaban J connectivity index is 1.65. The summed E-state index contributed by atoms with van der Waals surface area (Å²) in [5.74, 6) is 0.155. The maximum Gasteiger partial charge on any atom is 0.416 e. The van der Waals surface area contributed by atoms with Gasteiger partial charge in [0, 0.05) is 17.7 Å². The number of hydrogen-bond acceptors (Lipinski definition) is 4. The number of rotatable bonds is 3. The van der Waals surface area contributed by atoms with Gasteiger partial charge in [-0.3, -0.25) is 4.79 Å². The average Bonchev–Trinajstić information content (AvgIpc) is 2.89. The Hall–Kier alpha value is -2.61. The van der Waals surface area contributed by atoms with Crippen molar-refractivity contribution in [1.29, 1.82) is 0 Å². The van der Waals surface area contributed by atoms with E-state index in [1.165, 1.54) is 11.0 Å². The standard InChI is InChI=1S/C23H26F3N3O2/c1-14(2)31-18-8-5-15(6-9-18)22(30)29-13-16-4-3-11-27-21(16)28-19-10-7-17(12-20(19)29)23(24,25)26/h3-4,7,10-12,14-15,18H,5-6,8-9,13H2,1-2H3,(H,27,28). The van der Waals surface area contributed by atoms with Crippen molar-refractivity contribution >= 4 is 23.1 Å². The summed E-state index contributed by atoms with van der Waals surface area (Å²) in [6.45, 7) is 4.15. The summed E-state index contributed by atoms with van der Waals surface area (Å²) in [4.78, 5) is 19.3. The maximum absolute atomic E-state index is 13.5. The lowest BCUT2D eigenvalue weighted by Gasteiger charge is -2.33. The van der Waals surface area contributed by atoms with Gasteiger partial charge in [0.25, 0.3) is 0 Å². The lowest BCUT2D eigenvalue weighted by molar-refractivity contribution is -0.137. The Labute approximate surface area is 179 Å². The van der Waals surface area contributed by atoms with Gasteiger partial charge in [-0.05, 0) is 63.8 Å². The van der Waals surface area contributed by atoms with Crippen LogP contribution in [0.5, 0.6) is 0 Å². The van der Waals surface area contributed by atoms with Crippen molar-refractivity contribution in [1.82, 2.24) is 4.98 Å². The Kier molecular flexibility index (Phi) is 5.92. The van der Waals surface area contributed by atoms with Crippen LogP contribution in [0.25, 0.3) is 0 Å². The molecule has 0 radical (unpaired) electrons. The van der Waals surface area contributed by atoms with Crippen molar-refractivity contribution in [3.63, 3.8) is 0 Å². The van der Waals surface area contributed by atoms with Crippen LogP contribution in [0.3, 0.4) is 0 Å². The Morgan fingerprint density at radius 1 is 1.19 bits per heavy atom. The number of hydrogen-bond donors (Lipinski definition) is 1. The predicted molar refractivity (Wildman–Crippen MR) is 112 cm³/mol.